The predicted octanol–water partition coefficient (Wildman–Crippen LogP) is 3.99. The van der Waals surface area contributed by atoms with E-state index in [1.165, 1.54) is 0 Å². The zero-order chi connectivity index (χ0) is 19.7. The third-order valence-corrected chi connectivity index (χ3v) is 4.75. The lowest BCUT2D eigenvalue weighted by Gasteiger charge is -2.13. The second-order valence-electron chi connectivity index (χ2n) is 6.64. The van der Waals surface area contributed by atoms with E-state index in [2.05, 4.69) is 10.3 Å². The zero-order valence-electron chi connectivity index (χ0n) is 15.3. The van der Waals surface area contributed by atoms with Gasteiger partial charge in [-0.05, 0) is 54.5 Å². The van der Waals surface area contributed by atoms with Crippen LogP contribution in [0.15, 0.2) is 83.5 Å². The summed E-state index contributed by atoms with van der Waals surface area (Å²) in [6, 6.07) is 14.3. The number of fused-ring (bicyclic) bond motifs is 1. The minimum absolute atomic E-state index is 0.0610. The number of H-pyrrole nitrogens is 1. The Morgan fingerprint density at radius 3 is 2.54 bits per heavy atom. The fraction of sp³-hybridized carbons (Fsp3) is 0.0435. The Bertz CT molecular complexity index is 1230. The average molecular weight is 369 g/mol. The number of dihydropyridines is 1. The van der Waals surface area contributed by atoms with Gasteiger partial charge in [0.05, 0.1) is 11.4 Å². The van der Waals surface area contributed by atoms with Crippen molar-refractivity contribution in [1.29, 1.82) is 5.41 Å². The first-order valence-electron chi connectivity index (χ1n) is 8.89. The topological polar surface area (TPSA) is 89.0 Å². The minimum Gasteiger partial charge on any atom is -0.508 e. The summed E-state index contributed by atoms with van der Waals surface area (Å²) >= 11 is 0. The van der Waals surface area contributed by atoms with Crippen molar-refractivity contribution in [3.8, 4) is 5.75 Å². The van der Waals surface area contributed by atoms with Crippen LogP contribution in [0.1, 0.15) is 16.8 Å². The van der Waals surface area contributed by atoms with E-state index in [4.69, 9.17) is 5.41 Å². The van der Waals surface area contributed by atoms with E-state index in [0.29, 0.717) is 16.6 Å². The maximum absolute atomic E-state index is 12.6. The molecule has 0 saturated heterocycles. The number of aromatic amines is 1. The fourth-order valence-electron chi connectivity index (χ4n) is 3.19. The number of phenols is 1. The highest BCUT2D eigenvalue weighted by Crippen LogP contribution is 2.21. The molecule has 1 aliphatic rings. The van der Waals surface area contributed by atoms with Crippen molar-refractivity contribution in [1.82, 2.24) is 10.3 Å². The van der Waals surface area contributed by atoms with Gasteiger partial charge in [-0.15, -0.1) is 0 Å². The summed E-state index contributed by atoms with van der Waals surface area (Å²) in [6.45, 7) is 1.74. The lowest BCUT2D eigenvalue weighted by molar-refractivity contribution is 0.475. The molecule has 0 spiro atoms. The van der Waals surface area contributed by atoms with Gasteiger partial charge in [-0.1, -0.05) is 30.3 Å². The van der Waals surface area contributed by atoms with Crippen LogP contribution >= 0.6 is 0 Å². The molecule has 0 bridgehead atoms. The lowest BCUT2D eigenvalue weighted by atomic mass is 10.0. The number of benzene rings is 2. The van der Waals surface area contributed by atoms with Crippen LogP contribution < -0.4 is 10.7 Å². The minimum atomic E-state index is -0.0610. The Hall–Kier alpha value is -3.86. The van der Waals surface area contributed by atoms with E-state index >= 15 is 0 Å². The second kappa shape index (κ2) is 7.04. The molecular formula is C23H19N3O2. The van der Waals surface area contributed by atoms with Crippen molar-refractivity contribution in [2.45, 2.75) is 6.92 Å². The van der Waals surface area contributed by atoms with Gasteiger partial charge < -0.3 is 15.4 Å². The molecule has 0 atom stereocenters. The normalized spacial score (nSPS) is 14.8. The van der Waals surface area contributed by atoms with E-state index in [0.717, 1.165) is 22.4 Å². The standard InChI is InChI=1S/C23H19N3O2/c1-14-22(26-21-5-3-2-4-19(21)23(14)28)20(24)12-17-9-6-16(13-25-17)15-7-10-18(27)11-8-15/h2-13,24-25,27H,1H3,(H,26,28)/b17-12-,24-20?. The molecule has 2 aromatic carbocycles. The average Bonchev–Trinajstić information content (AvgIpc) is 2.72. The number of phenolic OH excluding ortho intramolecular Hbond substituents is 1. The summed E-state index contributed by atoms with van der Waals surface area (Å²) < 4.78 is 0. The van der Waals surface area contributed by atoms with Gasteiger partial charge in [-0.25, -0.2) is 0 Å². The summed E-state index contributed by atoms with van der Waals surface area (Å²) in [5.41, 5.74) is 4.63. The number of aromatic hydroxyl groups is 1. The third-order valence-electron chi connectivity index (χ3n) is 4.75. The molecule has 5 heteroatoms. The first-order valence-corrected chi connectivity index (χ1v) is 8.89. The largest absolute Gasteiger partial charge is 0.508 e. The van der Waals surface area contributed by atoms with Gasteiger partial charge in [-0.3, -0.25) is 10.2 Å². The molecule has 0 aliphatic carbocycles. The van der Waals surface area contributed by atoms with Crippen molar-refractivity contribution >= 4 is 22.2 Å². The van der Waals surface area contributed by atoms with Crippen LogP contribution in [0, 0.1) is 12.3 Å². The SMILES string of the molecule is Cc1c(C(=N)/C=C2/C=CC(c3ccc(O)cc3)=CN2)[nH]c2ccccc2c1=O. The molecule has 0 unspecified atom stereocenters. The quantitative estimate of drug-likeness (QED) is 0.526. The number of hydrogen-bond donors (Lipinski definition) is 4. The lowest BCUT2D eigenvalue weighted by Crippen LogP contribution is -2.16. The van der Waals surface area contributed by atoms with Crippen LogP contribution in [0.5, 0.6) is 5.75 Å². The Morgan fingerprint density at radius 1 is 1.07 bits per heavy atom. The van der Waals surface area contributed by atoms with Crippen molar-refractivity contribution in [3.05, 3.63) is 106 Å². The van der Waals surface area contributed by atoms with Gasteiger partial charge in [0, 0.05) is 28.4 Å². The Morgan fingerprint density at radius 2 is 1.82 bits per heavy atom. The van der Waals surface area contributed by atoms with Gasteiger partial charge in [-0.2, -0.15) is 0 Å². The van der Waals surface area contributed by atoms with E-state index < -0.39 is 0 Å². The predicted molar refractivity (Wildman–Crippen MR) is 113 cm³/mol. The van der Waals surface area contributed by atoms with Crippen LogP contribution in [0.4, 0.5) is 0 Å². The van der Waals surface area contributed by atoms with Crippen molar-refractivity contribution in [2.24, 2.45) is 0 Å². The first kappa shape index (κ1) is 17.5. The van der Waals surface area contributed by atoms with Crippen molar-refractivity contribution in [3.63, 3.8) is 0 Å². The Labute approximate surface area is 161 Å². The number of rotatable bonds is 3. The number of nitrogens with one attached hydrogen (secondary N) is 3. The van der Waals surface area contributed by atoms with E-state index in [9.17, 15) is 9.90 Å². The number of hydrogen-bond acceptors (Lipinski definition) is 4. The highest BCUT2D eigenvalue weighted by Gasteiger charge is 2.12. The highest BCUT2D eigenvalue weighted by molar-refractivity contribution is 6.07. The van der Waals surface area contributed by atoms with E-state index in [1.807, 2.05) is 48.7 Å². The molecule has 0 saturated carbocycles. The van der Waals surface area contributed by atoms with E-state index in [-0.39, 0.29) is 16.9 Å². The first-order chi connectivity index (χ1) is 13.5. The van der Waals surface area contributed by atoms with Crippen LogP contribution in [-0.2, 0) is 0 Å². The molecule has 138 valence electrons. The molecule has 0 amide bonds. The summed E-state index contributed by atoms with van der Waals surface area (Å²) in [5.74, 6) is 0.228. The number of aromatic nitrogens is 1. The molecule has 0 radical (unpaired) electrons. The molecule has 1 aliphatic heterocycles. The molecule has 28 heavy (non-hydrogen) atoms. The maximum atomic E-state index is 12.6. The molecule has 2 heterocycles. The summed E-state index contributed by atoms with van der Waals surface area (Å²) in [5, 5.41) is 21.6. The number of para-hydroxylation sites is 1. The molecule has 0 fully saturated rings. The van der Waals surface area contributed by atoms with Crippen molar-refractivity contribution < 1.29 is 5.11 Å². The number of allylic oxidation sites excluding steroid dienone is 4. The third kappa shape index (κ3) is 3.25. The molecule has 5 nitrogen and oxygen atoms in total. The molecule has 4 rings (SSSR count). The summed E-state index contributed by atoms with van der Waals surface area (Å²) in [6.07, 6.45) is 7.36. The zero-order valence-corrected chi connectivity index (χ0v) is 15.3. The maximum Gasteiger partial charge on any atom is 0.192 e. The van der Waals surface area contributed by atoms with E-state index in [1.54, 1.807) is 31.2 Å². The fourth-order valence-corrected chi connectivity index (χ4v) is 3.19. The molecule has 3 aromatic rings. The van der Waals surface area contributed by atoms with Gasteiger partial charge in [0.2, 0.25) is 0 Å². The second-order valence-corrected chi connectivity index (χ2v) is 6.64. The molecular weight excluding hydrogens is 350 g/mol. The Balaban J connectivity index is 1.61. The highest BCUT2D eigenvalue weighted by atomic mass is 16.3. The van der Waals surface area contributed by atoms with Crippen LogP contribution in [0.3, 0.4) is 0 Å². The van der Waals surface area contributed by atoms with Gasteiger partial charge >= 0.3 is 0 Å². The van der Waals surface area contributed by atoms with Crippen LogP contribution in [0.25, 0.3) is 16.5 Å². The van der Waals surface area contributed by atoms with Crippen LogP contribution in [0.2, 0.25) is 0 Å². The van der Waals surface area contributed by atoms with Crippen molar-refractivity contribution in [2.75, 3.05) is 0 Å². The van der Waals surface area contributed by atoms with Gasteiger partial charge in [0.25, 0.3) is 0 Å². The van der Waals surface area contributed by atoms with Gasteiger partial charge in [0.1, 0.15) is 5.75 Å². The number of pyridine rings is 1. The Kier molecular flexibility index (Phi) is 4.41. The van der Waals surface area contributed by atoms with Crippen LogP contribution in [-0.4, -0.2) is 15.8 Å². The molecule has 4 N–H and O–H groups in total. The summed E-state index contributed by atoms with van der Waals surface area (Å²) in [7, 11) is 0. The smallest absolute Gasteiger partial charge is 0.192 e. The molecule has 1 aromatic heterocycles. The summed E-state index contributed by atoms with van der Waals surface area (Å²) in [4.78, 5) is 15.8. The monoisotopic (exact) mass is 369 g/mol. The van der Waals surface area contributed by atoms with Gasteiger partial charge in [0.15, 0.2) is 5.43 Å².